The monoisotopic (exact) mass is 302 g/mol. The van der Waals surface area contributed by atoms with E-state index >= 15 is 0 Å². The van der Waals surface area contributed by atoms with Crippen LogP contribution in [0.15, 0.2) is 54.7 Å². The Hall–Kier alpha value is -2.69. The average molecular weight is 302 g/mol. The van der Waals surface area contributed by atoms with Crippen LogP contribution in [0.3, 0.4) is 0 Å². The lowest BCUT2D eigenvalue weighted by Crippen LogP contribution is -2.33. The second kappa shape index (κ2) is 7.93. The zero-order valence-corrected chi connectivity index (χ0v) is 11.9. The molecule has 2 aromatic rings. The van der Waals surface area contributed by atoms with Gasteiger partial charge in [-0.2, -0.15) is 0 Å². The Labute approximate surface area is 127 Å². The van der Waals surface area contributed by atoms with Crippen molar-refractivity contribution >= 4 is 12.1 Å². The van der Waals surface area contributed by atoms with Crippen LogP contribution in [-0.2, 0) is 6.42 Å². The molecule has 5 heteroatoms. The Balaban J connectivity index is 1.70. The molecule has 0 aliphatic heterocycles. The zero-order valence-electron chi connectivity index (χ0n) is 11.9. The van der Waals surface area contributed by atoms with Crippen molar-refractivity contribution in [1.29, 1.82) is 0 Å². The standard InChI is InChI=1S/C17H16F2N2O/c18-15-6-4-13(5-7-15)8-10-20-17(22)21-11-9-14-2-1-3-16(19)12-14/h1-7,9,11-12H,8,10H2,(H2,20,21,22)/b11-9+. The first-order valence-corrected chi connectivity index (χ1v) is 6.84. The van der Waals surface area contributed by atoms with Crippen molar-refractivity contribution in [2.45, 2.75) is 6.42 Å². The minimum Gasteiger partial charge on any atom is -0.338 e. The fourth-order valence-electron chi connectivity index (χ4n) is 1.85. The van der Waals surface area contributed by atoms with Gasteiger partial charge in [0.1, 0.15) is 11.6 Å². The molecule has 2 N–H and O–H groups in total. The van der Waals surface area contributed by atoms with Gasteiger partial charge in [-0.25, -0.2) is 13.6 Å². The number of hydrogen-bond acceptors (Lipinski definition) is 1. The molecule has 0 atom stereocenters. The third kappa shape index (κ3) is 5.36. The van der Waals surface area contributed by atoms with Gasteiger partial charge in [0.25, 0.3) is 0 Å². The van der Waals surface area contributed by atoms with E-state index in [-0.39, 0.29) is 17.7 Å². The molecule has 3 nitrogen and oxygen atoms in total. The molecule has 0 bridgehead atoms. The topological polar surface area (TPSA) is 41.1 Å². The lowest BCUT2D eigenvalue weighted by molar-refractivity contribution is 0.244. The molecule has 114 valence electrons. The van der Waals surface area contributed by atoms with E-state index in [4.69, 9.17) is 0 Å². The molecule has 2 amide bonds. The molecular weight excluding hydrogens is 286 g/mol. The molecule has 0 radical (unpaired) electrons. The number of carbonyl (C=O) groups excluding carboxylic acids is 1. The van der Waals surface area contributed by atoms with Crippen LogP contribution in [0.25, 0.3) is 6.08 Å². The van der Waals surface area contributed by atoms with Gasteiger partial charge in [-0.3, -0.25) is 0 Å². The van der Waals surface area contributed by atoms with Crippen molar-refractivity contribution < 1.29 is 13.6 Å². The second-order valence-corrected chi connectivity index (χ2v) is 4.67. The second-order valence-electron chi connectivity index (χ2n) is 4.67. The van der Waals surface area contributed by atoms with E-state index in [1.807, 2.05) is 0 Å². The fraction of sp³-hybridized carbons (Fsp3) is 0.118. The van der Waals surface area contributed by atoms with Gasteiger partial charge in [-0.1, -0.05) is 24.3 Å². The summed E-state index contributed by atoms with van der Waals surface area (Å²) >= 11 is 0. The number of benzene rings is 2. The van der Waals surface area contributed by atoms with Crippen LogP contribution in [0, 0.1) is 11.6 Å². The van der Waals surface area contributed by atoms with E-state index in [1.165, 1.54) is 30.5 Å². The summed E-state index contributed by atoms with van der Waals surface area (Å²) in [5.41, 5.74) is 1.60. The molecule has 0 aliphatic rings. The quantitative estimate of drug-likeness (QED) is 0.872. The van der Waals surface area contributed by atoms with Crippen LogP contribution in [0.1, 0.15) is 11.1 Å². The maximum Gasteiger partial charge on any atom is 0.318 e. The minimum absolute atomic E-state index is 0.281. The predicted octanol–water partition coefficient (Wildman–Crippen LogP) is 3.48. The Bertz CT molecular complexity index is 654. The van der Waals surface area contributed by atoms with E-state index < -0.39 is 0 Å². The molecule has 0 aromatic heterocycles. The highest BCUT2D eigenvalue weighted by Crippen LogP contribution is 2.04. The van der Waals surface area contributed by atoms with Gasteiger partial charge in [0.05, 0.1) is 0 Å². The fourth-order valence-corrected chi connectivity index (χ4v) is 1.85. The number of rotatable bonds is 5. The molecule has 0 saturated carbocycles. The summed E-state index contributed by atoms with van der Waals surface area (Å²) in [6, 6.07) is 11.8. The number of carbonyl (C=O) groups is 1. The van der Waals surface area contributed by atoms with Gasteiger partial charge in [-0.05, 0) is 47.9 Å². The third-order valence-corrected chi connectivity index (χ3v) is 2.95. The van der Waals surface area contributed by atoms with Crippen molar-refractivity contribution in [3.05, 3.63) is 77.5 Å². The van der Waals surface area contributed by atoms with Crippen LogP contribution in [0.2, 0.25) is 0 Å². The lowest BCUT2D eigenvalue weighted by Gasteiger charge is -2.04. The zero-order chi connectivity index (χ0) is 15.8. The summed E-state index contributed by atoms with van der Waals surface area (Å²) in [5, 5.41) is 5.21. The number of hydrogen-bond donors (Lipinski definition) is 2. The highest BCUT2D eigenvalue weighted by molar-refractivity contribution is 5.75. The number of amides is 2. The predicted molar refractivity (Wildman–Crippen MR) is 82.1 cm³/mol. The normalized spacial score (nSPS) is 10.6. The van der Waals surface area contributed by atoms with Gasteiger partial charge < -0.3 is 10.6 Å². The van der Waals surface area contributed by atoms with Crippen LogP contribution in [0.4, 0.5) is 13.6 Å². The van der Waals surface area contributed by atoms with E-state index in [0.717, 1.165) is 5.56 Å². The summed E-state index contributed by atoms with van der Waals surface area (Å²) in [6.07, 6.45) is 3.66. The van der Waals surface area contributed by atoms with Crippen LogP contribution < -0.4 is 10.6 Å². The largest absolute Gasteiger partial charge is 0.338 e. The molecule has 0 saturated heterocycles. The van der Waals surface area contributed by atoms with E-state index in [1.54, 1.807) is 30.3 Å². The van der Waals surface area contributed by atoms with Gasteiger partial charge in [-0.15, -0.1) is 0 Å². The van der Waals surface area contributed by atoms with Gasteiger partial charge in [0.2, 0.25) is 0 Å². The molecule has 22 heavy (non-hydrogen) atoms. The molecule has 0 heterocycles. The van der Waals surface area contributed by atoms with Gasteiger partial charge in [0.15, 0.2) is 0 Å². The van der Waals surface area contributed by atoms with Gasteiger partial charge in [0, 0.05) is 12.7 Å². The highest BCUT2D eigenvalue weighted by atomic mass is 19.1. The Morgan fingerprint density at radius 2 is 1.82 bits per heavy atom. The van der Waals surface area contributed by atoms with Crippen molar-refractivity contribution in [2.24, 2.45) is 0 Å². The van der Waals surface area contributed by atoms with Crippen LogP contribution in [0.5, 0.6) is 0 Å². The highest BCUT2D eigenvalue weighted by Gasteiger charge is 1.98. The number of urea groups is 1. The first-order chi connectivity index (χ1) is 10.6. The molecule has 0 fully saturated rings. The molecule has 0 aliphatic carbocycles. The maximum atomic E-state index is 12.9. The SMILES string of the molecule is O=C(N/C=C/c1cccc(F)c1)NCCc1ccc(F)cc1. The molecule has 2 rings (SSSR count). The first-order valence-electron chi connectivity index (χ1n) is 6.84. The summed E-state index contributed by atoms with van der Waals surface area (Å²) in [6.45, 7) is 0.436. The van der Waals surface area contributed by atoms with Crippen molar-refractivity contribution in [3.8, 4) is 0 Å². The van der Waals surface area contributed by atoms with E-state index in [2.05, 4.69) is 10.6 Å². The summed E-state index contributed by atoms with van der Waals surface area (Å²) in [7, 11) is 0. The van der Waals surface area contributed by atoms with E-state index in [0.29, 0.717) is 18.5 Å². The van der Waals surface area contributed by atoms with Crippen molar-refractivity contribution in [1.82, 2.24) is 10.6 Å². The van der Waals surface area contributed by atoms with Crippen molar-refractivity contribution in [3.63, 3.8) is 0 Å². The number of halogens is 2. The lowest BCUT2D eigenvalue weighted by atomic mass is 10.1. The third-order valence-electron chi connectivity index (χ3n) is 2.95. The smallest absolute Gasteiger partial charge is 0.318 e. The molecule has 0 unspecified atom stereocenters. The first kappa shape index (κ1) is 15.7. The summed E-state index contributed by atoms with van der Waals surface area (Å²) in [4.78, 5) is 11.5. The average Bonchev–Trinajstić information content (AvgIpc) is 2.49. The number of nitrogens with one attached hydrogen (secondary N) is 2. The molecule has 0 spiro atoms. The Morgan fingerprint density at radius 1 is 1.05 bits per heavy atom. The molecule has 2 aromatic carbocycles. The minimum atomic E-state index is -0.352. The summed E-state index contributed by atoms with van der Waals surface area (Å²) in [5.74, 6) is -0.608. The Kier molecular flexibility index (Phi) is 5.65. The van der Waals surface area contributed by atoms with Gasteiger partial charge >= 0.3 is 6.03 Å². The van der Waals surface area contributed by atoms with E-state index in [9.17, 15) is 13.6 Å². The maximum absolute atomic E-state index is 12.9. The Morgan fingerprint density at radius 3 is 2.55 bits per heavy atom. The summed E-state index contributed by atoms with van der Waals surface area (Å²) < 4.78 is 25.7. The van der Waals surface area contributed by atoms with Crippen molar-refractivity contribution in [2.75, 3.05) is 6.54 Å². The molecular formula is C17H16F2N2O. The van der Waals surface area contributed by atoms with Crippen LogP contribution >= 0.6 is 0 Å². The van der Waals surface area contributed by atoms with Crippen LogP contribution in [-0.4, -0.2) is 12.6 Å².